The van der Waals surface area contributed by atoms with Crippen molar-refractivity contribution in [1.29, 1.82) is 0 Å². The molecule has 0 spiro atoms. The van der Waals surface area contributed by atoms with Crippen molar-refractivity contribution in [3.8, 4) is 11.5 Å². The van der Waals surface area contributed by atoms with E-state index >= 15 is 0 Å². The number of carbonyl (C=O) groups excluding carboxylic acids is 2. The number of esters is 2. The highest BCUT2D eigenvalue weighted by Gasteiger charge is 2.34. The number of carbonyl (C=O) groups is 2. The van der Waals surface area contributed by atoms with Gasteiger partial charge in [-0.15, -0.1) is 0 Å². The van der Waals surface area contributed by atoms with E-state index in [0.717, 1.165) is 5.76 Å². The van der Waals surface area contributed by atoms with Crippen molar-refractivity contribution in [2.75, 3.05) is 26.9 Å². The monoisotopic (exact) mass is 540 g/mol. The van der Waals surface area contributed by atoms with E-state index < -0.39 is 18.0 Å². The number of allylic oxidation sites excluding steroid dienone is 1. The van der Waals surface area contributed by atoms with Crippen LogP contribution in [0, 0.1) is 6.92 Å². The fourth-order valence-corrected chi connectivity index (χ4v) is 5.07. The second-order valence-corrected chi connectivity index (χ2v) is 9.26. The van der Waals surface area contributed by atoms with Gasteiger partial charge >= 0.3 is 11.9 Å². The van der Waals surface area contributed by atoms with Gasteiger partial charge in [0.1, 0.15) is 11.5 Å². The number of thiazole rings is 1. The van der Waals surface area contributed by atoms with Gasteiger partial charge in [-0.05, 0) is 57.5 Å². The summed E-state index contributed by atoms with van der Waals surface area (Å²) in [6.07, 6.45) is 1.66. The second-order valence-electron chi connectivity index (χ2n) is 8.25. The molecule has 1 atom stereocenters. The molecule has 10 nitrogen and oxygen atoms in total. The Bertz CT molecular complexity index is 1580. The van der Waals surface area contributed by atoms with Gasteiger partial charge in [0.15, 0.2) is 22.9 Å². The molecule has 4 rings (SSSR count). The minimum Gasteiger partial charge on any atom is -0.490 e. The molecular formula is C27H28N2O8S. The van der Waals surface area contributed by atoms with Crippen molar-refractivity contribution < 1.29 is 33.0 Å². The number of aromatic nitrogens is 1. The lowest BCUT2D eigenvalue weighted by Crippen LogP contribution is -2.40. The van der Waals surface area contributed by atoms with Crippen molar-refractivity contribution in [3.63, 3.8) is 0 Å². The van der Waals surface area contributed by atoms with Crippen LogP contribution in [0.25, 0.3) is 6.08 Å². The molecule has 0 amide bonds. The standard InChI is InChI=1S/C27H28N2O8S/c1-6-34-20-12-17(9-11-19(20)36-14-22(30)33-5)24-23(26(32)35-7-2)16(4)28-27-29(24)25(31)21(38-27)13-18-10-8-15(3)37-18/h8-13,24H,6-7,14H2,1-5H3/b21-13-/t24-/m0/s1. The number of rotatable bonds is 9. The van der Waals surface area contributed by atoms with E-state index in [9.17, 15) is 14.4 Å². The first kappa shape index (κ1) is 26.9. The van der Waals surface area contributed by atoms with Crippen molar-refractivity contribution in [3.05, 3.63) is 78.4 Å². The van der Waals surface area contributed by atoms with Gasteiger partial charge in [-0.3, -0.25) is 9.36 Å². The maximum absolute atomic E-state index is 13.7. The lowest BCUT2D eigenvalue weighted by molar-refractivity contribution is -0.143. The summed E-state index contributed by atoms with van der Waals surface area (Å²) in [7, 11) is 1.27. The number of hydrogen-bond donors (Lipinski definition) is 0. The zero-order chi connectivity index (χ0) is 27.4. The normalized spacial score (nSPS) is 15.1. The Balaban J connectivity index is 1.89. The van der Waals surface area contributed by atoms with Crippen molar-refractivity contribution >= 4 is 29.4 Å². The van der Waals surface area contributed by atoms with Crippen LogP contribution in [0.4, 0.5) is 0 Å². The van der Waals surface area contributed by atoms with Crippen LogP contribution in [0.3, 0.4) is 0 Å². The molecule has 0 N–H and O–H groups in total. The van der Waals surface area contributed by atoms with Crippen LogP contribution >= 0.6 is 11.3 Å². The van der Waals surface area contributed by atoms with Gasteiger partial charge in [0, 0.05) is 6.08 Å². The average molecular weight is 541 g/mol. The number of benzene rings is 1. The van der Waals surface area contributed by atoms with E-state index in [1.807, 2.05) is 19.9 Å². The number of methoxy groups -OCH3 is 1. The fraction of sp³-hybridized carbons (Fsp3) is 0.333. The maximum Gasteiger partial charge on any atom is 0.343 e. The van der Waals surface area contributed by atoms with E-state index in [4.69, 9.17) is 18.6 Å². The predicted molar refractivity (Wildman–Crippen MR) is 139 cm³/mol. The Hall–Kier alpha value is -4.12. The summed E-state index contributed by atoms with van der Waals surface area (Å²) >= 11 is 1.20. The summed E-state index contributed by atoms with van der Waals surface area (Å²) < 4.78 is 28.9. The Morgan fingerprint density at radius 2 is 1.89 bits per heavy atom. The summed E-state index contributed by atoms with van der Waals surface area (Å²) in [6.45, 7) is 7.24. The smallest absolute Gasteiger partial charge is 0.343 e. The molecule has 0 saturated carbocycles. The Labute approximate surface area is 222 Å². The molecule has 2 aromatic heterocycles. The highest BCUT2D eigenvalue weighted by atomic mass is 32.1. The predicted octanol–water partition coefficient (Wildman–Crippen LogP) is 2.65. The maximum atomic E-state index is 13.7. The second kappa shape index (κ2) is 11.5. The first-order valence-corrected chi connectivity index (χ1v) is 12.8. The number of fused-ring (bicyclic) bond motifs is 1. The molecule has 38 heavy (non-hydrogen) atoms. The number of nitrogens with zero attached hydrogens (tertiary/aromatic N) is 2. The fourth-order valence-electron chi connectivity index (χ4n) is 4.05. The lowest BCUT2D eigenvalue weighted by atomic mass is 9.95. The Morgan fingerprint density at radius 3 is 2.55 bits per heavy atom. The van der Waals surface area contributed by atoms with Gasteiger partial charge < -0.3 is 23.4 Å². The molecule has 0 aliphatic carbocycles. The highest BCUT2D eigenvalue weighted by Crippen LogP contribution is 2.36. The van der Waals surface area contributed by atoms with Crippen LogP contribution in [0.15, 0.2) is 55.8 Å². The Kier molecular flexibility index (Phi) is 8.16. The molecule has 3 aromatic rings. The van der Waals surface area contributed by atoms with E-state index in [2.05, 4.69) is 9.73 Å². The zero-order valence-electron chi connectivity index (χ0n) is 21.7. The minimum atomic E-state index is -0.834. The average Bonchev–Trinajstić information content (AvgIpc) is 3.44. The summed E-state index contributed by atoms with van der Waals surface area (Å²) in [5, 5.41) is 0. The summed E-state index contributed by atoms with van der Waals surface area (Å²) in [5.41, 5.74) is 0.938. The third-order valence-electron chi connectivity index (χ3n) is 5.71. The summed E-state index contributed by atoms with van der Waals surface area (Å²) in [4.78, 5) is 43.4. The highest BCUT2D eigenvalue weighted by molar-refractivity contribution is 7.07. The minimum absolute atomic E-state index is 0.162. The van der Waals surface area contributed by atoms with Crippen LogP contribution in [0.1, 0.15) is 43.9 Å². The van der Waals surface area contributed by atoms with Gasteiger partial charge in [-0.25, -0.2) is 14.6 Å². The number of ether oxygens (including phenoxy) is 4. The van der Waals surface area contributed by atoms with E-state index in [-0.39, 0.29) is 24.3 Å². The van der Waals surface area contributed by atoms with Gasteiger partial charge in [-0.1, -0.05) is 17.4 Å². The molecule has 200 valence electrons. The molecule has 0 fully saturated rings. The number of hydrogen-bond acceptors (Lipinski definition) is 10. The van der Waals surface area contributed by atoms with Gasteiger partial charge in [-0.2, -0.15) is 0 Å². The number of furan rings is 1. The third kappa shape index (κ3) is 5.42. The molecule has 0 bridgehead atoms. The lowest BCUT2D eigenvalue weighted by Gasteiger charge is -2.25. The van der Waals surface area contributed by atoms with Crippen molar-refractivity contribution in [1.82, 2.24) is 4.57 Å². The molecule has 1 aliphatic rings. The first-order chi connectivity index (χ1) is 18.3. The van der Waals surface area contributed by atoms with Gasteiger partial charge in [0.2, 0.25) is 0 Å². The zero-order valence-corrected chi connectivity index (χ0v) is 22.5. The molecule has 0 radical (unpaired) electrons. The van der Waals surface area contributed by atoms with Crippen LogP contribution in [-0.4, -0.2) is 43.4 Å². The molecule has 3 heterocycles. The topological polar surface area (TPSA) is 119 Å². The first-order valence-electron chi connectivity index (χ1n) is 12.0. The molecule has 11 heteroatoms. The molecule has 0 unspecified atom stereocenters. The van der Waals surface area contributed by atoms with Crippen molar-refractivity contribution in [2.45, 2.75) is 33.7 Å². The van der Waals surface area contributed by atoms with Gasteiger partial charge in [0.05, 0.1) is 42.2 Å². The SMILES string of the molecule is CCOC(=O)C1=C(C)N=c2s/c(=C\c3ccc(C)o3)c(=O)n2[C@H]1c1ccc(OCC(=O)OC)c(OCC)c1. The molecular weight excluding hydrogens is 512 g/mol. The molecule has 1 aromatic carbocycles. The number of aryl methyl sites for hydroxylation is 1. The van der Waals surface area contributed by atoms with Crippen LogP contribution in [0.5, 0.6) is 11.5 Å². The van der Waals surface area contributed by atoms with Crippen LogP contribution in [0.2, 0.25) is 0 Å². The summed E-state index contributed by atoms with van der Waals surface area (Å²) in [6, 6.07) is 7.79. The van der Waals surface area contributed by atoms with E-state index in [1.54, 1.807) is 44.2 Å². The molecule has 1 aliphatic heterocycles. The van der Waals surface area contributed by atoms with Crippen LogP contribution < -0.4 is 24.4 Å². The van der Waals surface area contributed by atoms with E-state index in [1.165, 1.54) is 23.0 Å². The third-order valence-corrected chi connectivity index (χ3v) is 6.69. The van der Waals surface area contributed by atoms with Crippen molar-refractivity contribution in [2.24, 2.45) is 4.99 Å². The largest absolute Gasteiger partial charge is 0.490 e. The quantitative estimate of drug-likeness (QED) is 0.380. The molecule has 0 saturated heterocycles. The van der Waals surface area contributed by atoms with Gasteiger partial charge in [0.25, 0.3) is 5.56 Å². The van der Waals surface area contributed by atoms with E-state index in [0.29, 0.717) is 44.5 Å². The Morgan fingerprint density at radius 1 is 1.11 bits per heavy atom. The van der Waals surface area contributed by atoms with Crippen LogP contribution in [-0.2, 0) is 19.1 Å². The summed E-state index contributed by atoms with van der Waals surface area (Å²) in [5.74, 6) is 0.814.